The number of carbonyl (C=O) groups is 2. The number of anilines is 2. The molecule has 0 saturated carbocycles. The smallest absolute Gasteiger partial charge is 0.325 e. The van der Waals surface area contributed by atoms with Crippen molar-refractivity contribution < 1.29 is 14.3 Å². The molecular formula is C17H18N4O3. The van der Waals surface area contributed by atoms with E-state index < -0.39 is 0 Å². The molecule has 0 unspecified atom stereocenters. The number of benzene rings is 1. The summed E-state index contributed by atoms with van der Waals surface area (Å²) in [5, 5.41) is 2.68. The number of pyridine rings is 1. The highest BCUT2D eigenvalue weighted by Gasteiger charge is 2.32. The molecule has 1 aromatic carbocycles. The number of ether oxygens (including phenoxy) is 1. The van der Waals surface area contributed by atoms with Gasteiger partial charge in [0.2, 0.25) is 5.91 Å². The third-order valence-electron chi connectivity index (χ3n) is 3.74. The lowest BCUT2D eigenvalue weighted by Gasteiger charge is -2.20. The molecule has 1 aromatic heterocycles. The Morgan fingerprint density at radius 3 is 2.75 bits per heavy atom. The van der Waals surface area contributed by atoms with Gasteiger partial charge in [0.15, 0.2) is 0 Å². The summed E-state index contributed by atoms with van der Waals surface area (Å²) in [6.45, 7) is 0.976. The molecule has 124 valence electrons. The second-order valence-electron chi connectivity index (χ2n) is 5.29. The second kappa shape index (κ2) is 6.99. The van der Waals surface area contributed by atoms with E-state index in [1.54, 1.807) is 42.5 Å². The molecule has 1 aliphatic rings. The first-order valence-electron chi connectivity index (χ1n) is 7.59. The first kappa shape index (κ1) is 15.8. The Morgan fingerprint density at radius 1 is 1.21 bits per heavy atom. The van der Waals surface area contributed by atoms with Crippen molar-refractivity contribution in [1.82, 2.24) is 9.88 Å². The highest BCUT2D eigenvalue weighted by Crippen LogP contribution is 2.30. The quantitative estimate of drug-likeness (QED) is 0.911. The second-order valence-corrected chi connectivity index (χ2v) is 5.29. The van der Waals surface area contributed by atoms with E-state index in [2.05, 4.69) is 10.3 Å². The van der Waals surface area contributed by atoms with Crippen LogP contribution in [0.5, 0.6) is 5.75 Å². The molecule has 3 rings (SSSR count). The fourth-order valence-corrected chi connectivity index (χ4v) is 2.60. The summed E-state index contributed by atoms with van der Waals surface area (Å²) < 4.78 is 5.30. The van der Waals surface area contributed by atoms with E-state index in [9.17, 15) is 9.59 Å². The van der Waals surface area contributed by atoms with E-state index in [0.29, 0.717) is 30.3 Å². The van der Waals surface area contributed by atoms with Crippen LogP contribution in [0.15, 0.2) is 48.7 Å². The Morgan fingerprint density at radius 2 is 2.00 bits per heavy atom. The molecule has 2 aromatic rings. The fraction of sp³-hybridized carbons (Fsp3) is 0.235. The molecule has 2 heterocycles. The summed E-state index contributed by atoms with van der Waals surface area (Å²) in [6.07, 6.45) is 1.60. The van der Waals surface area contributed by atoms with Crippen molar-refractivity contribution in [3.8, 4) is 5.75 Å². The monoisotopic (exact) mass is 326 g/mol. The fourth-order valence-electron chi connectivity index (χ4n) is 2.60. The molecule has 0 bridgehead atoms. The first-order chi connectivity index (χ1) is 11.7. The SMILES string of the molecule is COc1ccccc1N1CCN(CC(=O)Nc2ccccn2)C1=O. The van der Waals surface area contributed by atoms with E-state index >= 15 is 0 Å². The van der Waals surface area contributed by atoms with Crippen LogP contribution in [0.25, 0.3) is 0 Å². The molecule has 7 heteroatoms. The molecule has 1 saturated heterocycles. The van der Waals surface area contributed by atoms with Crippen LogP contribution in [0.2, 0.25) is 0 Å². The number of nitrogens with one attached hydrogen (secondary N) is 1. The van der Waals surface area contributed by atoms with Crippen LogP contribution in [-0.4, -0.2) is 48.6 Å². The lowest BCUT2D eigenvalue weighted by molar-refractivity contribution is -0.116. The summed E-state index contributed by atoms with van der Waals surface area (Å²) in [7, 11) is 1.57. The summed E-state index contributed by atoms with van der Waals surface area (Å²) in [6, 6.07) is 12.4. The zero-order chi connectivity index (χ0) is 16.9. The highest BCUT2D eigenvalue weighted by molar-refractivity contribution is 5.99. The number of para-hydroxylation sites is 2. The predicted octanol–water partition coefficient (Wildman–Crippen LogP) is 1.97. The van der Waals surface area contributed by atoms with Crippen LogP contribution < -0.4 is 15.0 Å². The Labute approximate surface area is 139 Å². The van der Waals surface area contributed by atoms with Crippen LogP contribution in [0.4, 0.5) is 16.3 Å². The number of aromatic nitrogens is 1. The maximum Gasteiger partial charge on any atom is 0.325 e. The van der Waals surface area contributed by atoms with Gasteiger partial charge in [0.25, 0.3) is 0 Å². The Kier molecular flexibility index (Phi) is 4.60. The molecule has 0 spiro atoms. The van der Waals surface area contributed by atoms with Gasteiger partial charge < -0.3 is 15.0 Å². The Bertz CT molecular complexity index is 736. The van der Waals surface area contributed by atoms with Crippen molar-refractivity contribution in [2.75, 3.05) is 37.0 Å². The molecule has 1 aliphatic heterocycles. The normalized spacial score (nSPS) is 14.0. The third-order valence-corrected chi connectivity index (χ3v) is 3.74. The first-order valence-corrected chi connectivity index (χ1v) is 7.59. The van der Waals surface area contributed by atoms with Crippen molar-refractivity contribution in [1.29, 1.82) is 0 Å². The minimum atomic E-state index is -0.274. The van der Waals surface area contributed by atoms with Crippen molar-refractivity contribution in [3.63, 3.8) is 0 Å². The minimum absolute atomic E-state index is 0.0128. The maximum atomic E-state index is 12.6. The predicted molar refractivity (Wildman–Crippen MR) is 90.2 cm³/mol. The van der Waals surface area contributed by atoms with Crippen molar-refractivity contribution in [2.24, 2.45) is 0 Å². The molecule has 3 amide bonds. The zero-order valence-electron chi connectivity index (χ0n) is 13.3. The number of rotatable bonds is 5. The molecule has 0 aliphatic carbocycles. The van der Waals surface area contributed by atoms with Crippen molar-refractivity contribution in [2.45, 2.75) is 0 Å². The van der Waals surface area contributed by atoms with Gasteiger partial charge in [-0.3, -0.25) is 9.69 Å². The lowest BCUT2D eigenvalue weighted by Crippen LogP contribution is -2.37. The van der Waals surface area contributed by atoms with Gasteiger partial charge in [-0.25, -0.2) is 9.78 Å². The lowest BCUT2D eigenvalue weighted by atomic mass is 10.2. The van der Waals surface area contributed by atoms with Crippen LogP contribution in [0, 0.1) is 0 Å². The van der Waals surface area contributed by atoms with Gasteiger partial charge in [-0.05, 0) is 24.3 Å². The number of nitrogens with zero attached hydrogens (tertiary/aromatic N) is 3. The van der Waals surface area contributed by atoms with Gasteiger partial charge in [0, 0.05) is 19.3 Å². The molecule has 1 fully saturated rings. The summed E-state index contributed by atoms with van der Waals surface area (Å²) in [4.78, 5) is 31.8. The van der Waals surface area contributed by atoms with Gasteiger partial charge in [-0.2, -0.15) is 0 Å². The maximum absolute atomic E-state index is 12.6. The van der Waals surface area contributed by atoms with Gasteiger partial charge in [0.1, 0.15) is 18.1 Å². The van der Waals surface area contributed by atoms with E-state index in [4.69, 9.17) is 4.74 Å². The zero-order valence-corrected chi connectivity index (χ0v) is 13.3. The van der Waals surface area contributed by atoms with E-state index in [1.807, 2.05) is 18.2 Å². The largest absolute Gasteiger partial charge is 0.495 e. The number of amides is 3. The number of carbonyl (C=O) groups excluding carboxylic acids is 2. The van der Waals surface area contributed by atoms with E-state index in [1.165, 1.54) is 4.90 Å². The van der Waals surface area contributed by atoms with Gasteiger partial charge in [-0.15, -0.1) is 0 Å². The molecule has 0 radical (unpaired) electrons. The topological polar surface area (TPSA) is 74.8 Å². The molecule has 7 nitrogen and oxygen atoms in total. The van der Waals surface area contributed by atoms with Crippen molar-refractivity contribution in [3.05, 3.63) is 48.7 Å². The standard InChI is InChI=1S/C17H18N4O3/c1-24-14-7-3-2-6-13(14)21-11-10-20(17(21)23)12-16(22)19-15-8-4-5-9-18-15/h2-9H,10-12H2,1H3,(H,18,19,22). The third kappa shape index (κ3) is 3.29. The summed E-state index contributed by atoms with van der Waals surface area (Å²) >= 11 is 0. The van der Waals surface area contributed by atoms with Crippen LogP contribution in [0.3, 0.4) is 0 Å². The minimum Gasteiger partial charge on any atom is -0.495 e. The Balaban J connectivity index is 1.65. The molecule has 1 N–H and O–H groups in total. The van der Waals surface area contributed by atoms with Crippen LogP contribution in [-0.2, 0) is 4.79 Å². The number of hydrogen-bond acceptors (Lipinski definition) is 4. The van der Waals surface area contributed by atoms with Crippen LogP contribution in [0.1, 0.15) is 0 Å². The summed E-state index contributed by atoms with van der Waals surface area (Å²) in [5.74, 6) is 0.824. The van der Waals surface area contributed by atoms with Gasteiger partial charge in [-0.1, -0.05) is 18.2 Å². The van der Waals surface area contributed by atoms with Crippen molar-refractivity contribution >= 4 is 23.4 Å². The molecule has 24 heavy (non-hydrogen) atoms. The molecule has 0 atom stereocenters. The Hall–Kier alpha value is -3.09. The highest BCUT2D eigenvalue weighted by atomic mass is 16.5. The summed E-state index contributed by atoms with van der Waals surface area (Å²) in [5.41, 5.74) is 0.706. The molecular weight excluding hydrogens is 308 g/mol. The number of urea groups is 1. The van der Waals surface area contributed by atoms with E-state index in [-0.39, 0.29) is 18.5 Å². The van der Waals surface area contributed by atoms with Crippen LogP contribution >= 0.6 is 0 Å². The van der Waals surface area contributed by atoms with Gasteiger partial charge in [0.05, 0.1) is 12.8 Å². The number of hydrogen-bond donors (Lipinski definition) is 1. The van der Waals surface area contributed by atoms with E-state index in [0.717, 1.165) is 0 Å². The van der Waals surface area contributed by atoms with Gasteiger partial charge >= 0.3 is 6.03 Å². The average molecular weight is 326 g/mol. The average Bonchev–Trinajstić information content (AvgIpc) is 2.96. The number of methoxy groups -OCH3 is 1.